The molecule has 0 saturated carbocycles. The van der Waals surface area contributed by atoms with E-state index in [1.165, 1.54) is 6.20 Å². The molecule has 0 amide bonds. The fraction of sp³-hybridized carbons (Fsp3) is 0.615. The second-order valence-electron chi connectivity index (χ2n) is 5.17. The topological polar surface area (TPSA) is 64.8 Å². The minimum atomic E-state index is 0.351. The van der Waals surface area contributed by atoms with E-state index < -0.39 is 0 Å². The molecule has 1 N–H and O–H groups in total. The molecule has 0 radical (unpaired) electrons. The molecule has 2 atom stereocenters. The minimum Gasteiger partial charge on any atom is -0.364 e. The number of hydrogen-bond acceptors (Lipinski definition) is 5. The van der Waals surface area contributed by atoms with Crippen LogP contribution >= 0.6 is 0 Å². The molecule has 96 valence electrons. The molecule has 1 aromatic rings. The molecule has 1 fully saturated rings. The van der Waals surface area contributed by atoms with Crippen LogP contribution in [0.25, 0.3) is 0 Å². The molecule has 1 aliphatic heterocycles. The summed E-state index contributed by atoms with van der Waals surface area (Å²) in [6.07, 6.45) is 3.13. The van der Waals surface area contributed by atoms with Crippen molar-refractivity contribution < 1.29 is 0 Å². The third kappa shape index (κ3) is 2.77. The van der Waals surface area contributed by atoms with Gasteiger partial charge in [-0.3, -0.25) is 4.90 Å². The Morgan fingerprint density at radius 2 is 2.17 bits per heavy atom. The van der Waals surface area contributed by atoms with E-state index in [1.807, 2.05) is 6.07 Å². The Morgan fingerprint density at radius 1 is 1.39 bits per heavy atom. The Balaban J connectivity index is 1.99. The van der Waals surface area contributed by atoms with Crippen LogP contribution in [0.2, 0.25) is 0 Å². The van der Waals surface area contributed by atoms with Gasteiger partial charge in [0.2, 0.25) is 0 Å². The monoisotopic (exact) mass is 245 g/mol. The van der Waals surface area contributed by atoms with Crippen molar-refractivity contribution in [2.45, 2.75) is 32.9 Å². The van der Waals surface area contributed by atoms with Gasteiger partial charge in [-0.2, -0.15) is 5.26 Å². The van der Waals surface area contributed by atoms with Gasteiger partial charge in [0.1, 0.15) is 11.9 Å². The predicted octanol–water partition coefficient (Wildman–Crippen LogP) is 1.49. The summed E-state index contributed by atoms with van der Waals surface area (Å²) in [6, 6.07) is 2.94. The summed E-state index contributed by atoms with van der Waals surface area (Å²) >= 11 is 0. The molecular weight excluding hydrogens is 226 g/mol. The lowest BCUT2D eigenvalue weighted by atomic mass is 10.1. The smallest absolute Gasteiger partial charge is 0.158 e. The highest BCUT2D eigenvalue weighted by atomic mass is 15.2. The van der Waals surface area contributed by atoms with Crippen molar-refractivity contribution in [2.75, 3.05) is 18.4 Å². The first kappa shape index (κ1) is 12.8. The molecular formula is C13H19N5. The van der Waals surface area contributed by atoms with Crippen LogP contribution in [0.4, 0.5) is 5.82 Å². The second-order valence-corrected chi connectivity index (χ2v) is 5.17. The van der Waals surface area contributed by atoms with Gasteiger partial charge < -0.3 is 5.32 Å². The molecule has 0 spiro atoms. The Hall–Kier alpha value is -1.67. The third-order valence-electron chi connectivity index (χ3n) is 3.47. The second kappa shape index (κ2) is 5.32. The predicted molar refractivity (Wildman–Crippen MR) is 70.0 cm³/mol. The van der Waals surface area contributed by atoms with Crippen LogP contribution < -0.4 is 5.32 Å². The maximum Gasteiger partial charge on any atom is 0.158 e. The van der Waals surface area contributed by atoms with Crippen LogP contribution in [0.3, 0.4) is 0 Å². The average Bonchev–Trinajstić information content (AvgIpc) is 2.72. The summed E-state index contributed by atoms with van der Waals surface area (Å²) in [5.41, 5.74) is 0.351. The minimum absolute atomic E-state index is 0.351. The largest absolute Gasteiger partial charge is 0.364 e. The van der Waals surface area contributed by atoms with E-state index in [2.05, 4.69) is 41.0 Å². The zero-order chi connectivity index (χ0) is 13.1. The van der Waals surface area contributed by atoms with Crippen molar-refractivity contribution in [3.05, 3.63) is 18.1 Å². The van der Waals surface area contributed by atoms with Gasteiger partial charge in [-0.1, -0.05) is 6.92 Å². The lowest BCUT2D eigenvalue weighted by Crippen LogP contribution is -2.31. The highest BCUT2D eigenvalue weighted by molar-refractivity contribution is 5.35. The third-order valence-corrected chi connectivity index (χ3v) is 3.47. The van der Waals surface area contributed by atoms with Gasteiger partial charge in [0.05, 0.1) is 12.4 Å². The molecule has 2 rings (SSSR count). The number of rotatable bonds is 3. The lowest BCUT2D eigenvalue weighted by molar-refractivity contribution is 0.267. The van der Waals surface area contributed by atoms with Crippen molar-refractivity contribution in [3.8, 4) is 6.07 Å². The van der Waals surface area contributed by atoms with Crippen LogP contribution in [0.5, 0.6) is 0 Å². The van der Waals surface area contributed by atoms with Gasteiger partial charge >= 0.3 is 0 Å². The molecule has 1 aromatic heterocycles. The summed E-state index contributed by atoms with van der Waals surface area (Å²) in [5, 5.41) is 12.1. The first-order chi connectivity index (χ1) is 8.60. The van der Waals surface area contributed by atoms with Gasteiger partial charge in [-0.05, 0) is 19.8 Å². The van der Waals surface area contributed by atoms with Gasteiger partial charge in [-0.25, -0.2) is 9.97 Å². The van der Waals surface area contributed by atoms with Gasteiger partial charge in [0.15, 0.2) is 5.69 Å². The van der Waals surface area contributed by atoms with Crippen LogP contribution in [-0.2, 0) is 0 Å². The normalized spacial score (nSPS) is 24.2. The molecule has 2 unspecified atom stereocenters. The first-order valence-corrected chi connectivity index (χ1v) is 6.33. The lowest BCUT2D eigenvalue weighted by Gasteiger charge is -2.20. The van der Waals surface area contributed by atoms with Crippen molar-refractivity contribution >= 4 is 5.82 Å². The van der Waals surface area contributed by atoms with E-state index in [-0.39, 0.29) is 0 Å². The number of nitriles is 1. The number of nitrogens with zero attached hydrogens (tertiary/aromatic N) is 4. The molecule has 1 saturated heterocycles. The summed E-state index contributed by atoms with van der Waals surface area (Å²) < 4.78 is 0. The summed E-state index contributed by atoms with van der Waals surface area (Å²) in [7, 11) is 0. The van der Waals surface area contributed by atoms with E-state index in [1.54, 1.807) is 6.20 Å². The Labute approximate surface area is 108 Å². The van der Waals surface area contributed by atoms with E-state index in [0.717, 1.165) is 18.9 Å². The fourth-order valence-electron chi connectivity index (χ4n) is 2.26. The molecule has 2 heterocycles. The van der Waals surface area contributed by atoms with Crippen molar-refractivity contribution in [3.63, 3.8) is 0 Å². The summed E-state index contributed by atoms with van der Waals surface area (Å²) in [6.45, 7) is 8.82. The zero-order valence-electron chi connectivity index (χ0n) is 11.1. The van der Waals surface area contributed by atoms with E-state index in [9.17, 15) is 0 Å². The molecule has 1 aliphatic rings. The fourth-order valence-corrected chi connectivity index (χ4v) is 2.26. The maximum atomic E-state index is 8.67. The molecule has 0 aliphatic carbocycles. The molecule has 0 bridgehead atoms. The Morgan fingerprint density at radius 3 is 2.67 bits per heavy atom. The highest BCUT2D eigenvalue weighted by Gasteiger charge is 2.30. The Kier molecular flexibility index (Phi) is 3.78. The highest BCUT2D eigenvalue weighted by Crippen LogP contribution is 2.21. The van der Waals surface area contributed by atoms with Gasteiger partial charge in [0.25, 0.3) is 0 Å². The molecule has 18 heavy (non-hydrogen) atoms. The van der Waals surface area contributed by atoms with Crippen LogP contribution in [0.1, 0.15) is 26.5 Å². The quantitative estimate of drug-likeness (QED) is 0.874. The standard InChI is InChI=1S/C13H19N5/c1-9(2)18-7-10(3)12(8-18)17-13-6-15-11(4-14)5-16-13/h5-6,9-10,12H,7-8H2,1-3H3,(H,16,17). The molecule has 5 heteroatoms. The summed E-state index contributed by atoms with van der Waals surface area (Å²) in [4.78, 5) is 10.7. The van der Waals surface area contributed by atoms with Crippen LogP contribution in [0, 0.1) is 17.2 Å². The average molecular weight is 245 g/mol. The number of likely N-dealkylation sites (tertiary alicyclic amines) is 1. The van der Waals surface area contributed by atoms with Gasteiger partial charge in [-0.15, -0.1) is 0 Å². The van der Waals surface area contributed by atoms with Crippen molar-refractivity contribution in [1.29, 1.82) is 5.26 Å². The number of aromatic nitrogens is 2. The Bertz CT molecular complexity index is 434. The summed E-state index contributed by atoms with van der Waals surface area (Å²) in [5.74, 6) is 1.33. The molecule has 0 aromatic carbocycles. The number of anilines is 1. The number of nitrogens with one attached hydrogen (secondary N) is 1. The van der Waals surface area contributed by atoms with Crippen LogP contribution in [0.15, 0.2) is 12.4 Å². The maximum absolute atomic E-state index is 8.67. The SMILES string of the molecule is CC1CN(C(C)C)CC1Nc1cnc(C#N)cn1. The zero-order valence-corrected chi connectivity index (χ0v) is 11.1. The van der Waals surface area contributed by atoms with Crippen molar-refractivity contribution in [2.24, 2.45) is 5.92 Å². The van der Waals surface area contributed by atoms with E-state index in [0.29, 0.717) is 23.7 Å². The van der Waals surface area contributed by atoms with Crippen LogP contribution in [-0.4, -0.2) is 40.0 Å². The molecule has 5 nitrogen and oxygen atoms in total. The number of hydrogen-bond donors (Lipinski definition) is 1. The first-order valence-electron chi connectivity index (χ1n) is 6.33. The van der Waals surface area contributed by atoms with E-state index >= 15 is 0 Å². The van der Waals surface area contributed by atoms with Crippen molar-refractivity contribution in [1.82, 2.24) is 14.9 Å². The van der Waals surface area contributed by atoms with E-state index in [4.69, 9.17) is 5.26 Å². The van der Waals surface area contributed by atoms with Gasteiger partial charge in [0, 0.05) is 25.2 Å².